The molecule has 0 aromatic heterocycles. The Labute approximate surface area is 121 Å². The summed E-state index contributed by atoms with van der Waals surface area (Å²) >= 11 is 0. The van der Waals surface area contributed by atoms with Crippen molar-refractivity contribution in [1.29, 1.82) is 0 Å². The van der Waals surface area contributed by atoms with Gasteiger partial charge in [0, 0.05) is 6.07 Å². The Balaban J connectivity index is 2.48. The van der Waals surface area contributed by atoms with E-state index in [4.69, 9.17) is 14.6 Å². The molecule has 0 spiro atoms. The lowest BCUT2D eigenvalue weighted by atomic mass is 10.0. The van der Waals surface area contributed by atoms with Crippen molar-refractivity contribution in [3.63, 3.8) is 0 Å². The van der Waals surface area contributed by atoms with Gasteiger partial charge in [-0.2, -0.15) is 0 Å². The van der Waals surface area contributed by atoms with E-state index in [2.05, 4.69) is 0 Å². The second-order valence-corrected chi connectivity index (χ2v) is 4.48. The Bertz CT molecular complexity index is 645. The molecule has 0 amide bonds. The third-order valence-electron chi connectivity index (χ3n) is 3.07. The van der Waals surface area contributed by atoms with Crippen LogP contribution in [0.2, 0.25) is 0 Å². The molecule has 0 saturated heterocycles. The van der Waals surface area contributed by atoms with Crippen molar-refractivity contribution in [2.45, 2.75) is 6.42 Å². The third-order valence-corrected chi connectivity index (χ3v) is 3.07. The van der Waals surface area contributed by atoms with Gasteiger partial charge >= 0.3 is 5.97 Å². The van der Waals surface area contributed by atoms with Gasteiger partial charge in [-0.05, 0) is 41.0 Å². The minimum atomic E-state index is -1.07. The van der Waals surface area contributed by atoms with E-state index in [9.17, 15) is 9.18 Å². The average molecular weight is 290 g/mol. The number of aliphatic carboxylic acids is 1. The Morgan fingerprint density at radius 3 is 2.19 bits per heavy atom. The predicted molar refractivity (Wildman–Crippen MR) is 76.3 cm³/mol. The molecule has 0 aliphatic rings. The van der Waals surface area contributed by atoms with Crippen LogP contribution in [0.5, 0.6) is 11.5 Å². The molecule has 110 valence electrons. The smallest absolute Gasteiger partial charge is 0.307 e. The molecule has 2 rings (SSSR count). The van der Waals surface area contributed by atoms with Crippen LogP contribution in [0, 0.1) is 5.82 Å². The Hall–Kier alpha value is -2.56. The lowest BCUT2D eigenvalue weighted by molar-refractivity contribution is -0.136. The number of carbonyl (C=O) groups is 1. The van der Waals surface area contributed by atoms with E-state index in [0.29, 0.717) is 17.1 Å². The van der Waals surface area contributed by atoms with Crippen molar-refractivity contribution in [2.24, 2.45) is 0 Å². The molecular formula is C16H15FO4. The molecule has 0 radical (unpaired) electrons. The first-order valence-corrected chi connectivity index (χ1v) is 6.27. The molecule has 2 aromatic carbocycles. The summed E-state index contributed by atoms with van der Waals surface area (Å²) in [5.41, 5.74) is 1.60. The summed E-state index contributed by atoms with van der Waals surface area (Å²) in [5, 5.41) is 8.81. The zero-order chi connectivity index (χ0) is 15.4. The van der Waals surface area contributed by atoms with Crippen LogP contribution in [0.15, 0.2) is 36.4 Å². The zero-order valence-electron chi connectivity index (χ0n) is 11.7. The molecule has 2 aromatic rings. The van der Waals surface area contributed by atoms with E-state index >= 15 is 0 Å². The maximum absolute atomic E-state index is 13.6. The topological polar surface area (TPSA) is 55.8 Å². The maximum Gasteiger partial charge on any atom is 0.307 e. The van der Waals surface area contributed by atoms with Gasteiger partial charge in [0.05, 0.1) is 20.6 Å². The predicted octanol–water partition coefficient (Wildman–Crippen LogP) is 3.14. The fraction of sp³-hybridized carbons (Fsp3) is 0.188. The molecule has 0 aliphatic heterocycles. The van der Waals surface area contributed by atoms with E-state index in [1.165, 1.54) is 12.1 Å². The number of ether oxygens (including phenoxy) is 2. The standard InChI is InChI=1S/C16H15FO4/c1-20-13-6-11(7-14(9-13)21-2)10-3-4-15(17)12(5-10)8-16(18)19/h3-7,9H,8H2,1-2H3,(H,18,19). The molecule has 0 saturated carbocycles. The van der Waals surface area contributed by atoms with Crippen LogP contribution in [0.3, 0.4) is 0 Å². The van der Waals surface area contributed by atoms with Gasteiger partial charge in [0.15, 0.2) is 0 Å². The summed E-state index contributed by atoms with van der Waals surface area (Å²) in [5.74, 6) is -0.396. The molecule has 0 heterocycles. The normalized spacial score (nSPS) is 10.2. The molecule has 0 fully saturated rings. The lowest BCUT2D eigenvalue weighted by Crippen LogP contribution is -2.02. The molecule has 0 aliphatic carbocycles. The summed E-state index contributed by atoms with van der Waals surface area (Å²) in [6, 6.07) is 9.66. The van der Waals surface area contributed by atoms with E-state index < -0.39 is 11.8 Å². The highest BCUT2D eigenvalue weighted by molar-refractivity contribution is 5.73. The molecule has 4 nitrogen and oxygen atoms in total. The van der Waals surface area contributed by atoms with Crippen LogP contribution in [0.25, 0.3) is 11.1 Å². The molecule has 0 unspecified atom stereocenters. The molecule has 1 N–H and O–H groups in total. The first kappa shape index (κ1) is 14.8. The van der Waals surface area contributed by atoms with Crippen molar-refractivity contribution >= 4 is 5.97 Å². The van der Waals surface area contributed by atoms with E-state index in [-0.39, 0.29) is 12.0 Å². The monoisotopic (exact) mass is 290 g/mol. The Morgan fingerprint density at radius 1 is 1.05 bits per heavy atom. The van der Waals surface area contributed by atoms with Crippen LogP contribution in [0.4, 0.5) is 4.39 Å². The van der Waals surface area contributed by atoms with Crippen molar-refractivity contribution in [1.82, 2.24) is 0 Å². The van der Waals surface area contributed by atoms with Crippen molar-refractivity contribution in [2.75, 3.05) is 14.2 Å². The fourth-order valence-electron chi connectivity index (χ4n) is 2.03. The van der Waals surface area contributed by atoms with E-state index in [1.54, 1.807) is 38.5 Å². The second-order valence-electron chi connectivity index (χ2n) is 4.48. The third kappa shape index (κ3) is 3.51. The molecule has 5 heteroatoms. The van der Waals surface area contributed by atoms with Crippen LogP contribution < -0.4 is 9.47 Å². The molecular weight excluding hydrogens is 275 g/mol. The Morgan fingerprint density at radius 2 is 1.67 bits per heavy atom. The van der Waals surface area contributed by atoms with Gasteiger partial charge in [-0.1, -0.05) is 6.07 Å². The van der Waals surface area contributed by atoms with Gasteiger partial charge in [-0.3, -0.25) is 4.79 Å². The second kappa shape index (κ2) is 6.26. The van der Waals surface area contributed by atoms with Crippen LogP contribution >= 0.6 is 0 Å². The number of carboxylic acid groups (broad SMARTS) is 1. The fourth-order valence-corrected chi connectivity index (χ4v) is 2.03. The molecule has 0 bridgehead atoms. The zero-order valence-corrected chi connectivity index (χ0v) is 11.7. The van der Waals surface area contributed by atoms with Crippen molar-refractivity contribution in [3.05, 3.63) is 47.8 Å². The van der Waals surface area contributed by atoms with Crippen molar-refractivity contribution in [3.8, 4) is 22.6 Å². The number of hydrogen-bond donors (Lipinski definition) is 1. The van der Waals surface area contributed by atoms with Gasteiger partial charge in [-0.25, -0.2) is 4.39 Å². The van der Waals surface area contributed by atoms with E-state index in [0.717, 1.165) is 5.56 Å². The number of halogens is 1. The summed E-state index contributed by atoms with van der Waals surface area (Å²) in [7, 11) is 3.08. The number of methoxy groups -OCH3 is 2. The summed E-state index contributed by atoms with van der Waals surface area (Å²) in [6.45, 7) is 0. The van der Waals surface area contributed by atoms with Gasteiger partial charge in [0.1, 0.15) is 17.3 Å². The Kier molecular flexibility index (Phi) is 4.42. The van der Waals surface area contributed by atoms with Crippen LogP contribution in [0.1, 0.15) is 5.56 Å². The molecule has 0 atom stereocenters. The van der Waals surface area contributed by atoms with Crippen molar-refractivity contribution < 1.29 is 23.8 Å². The highest BCUT2D eigenvalue weighted by Gasteiger charge is 2.10. The van der Waals surface area contributed by atoms with Gasteiger partial charge in [0.25, 0.3) is 0 Å². The van der Waals surface area contributed by atoms with Gasteiger partial charge in [0.2, 0.25) is 0 Å². The maximum atomic E-state index is 13.6. The number of benzene rings is 2. The lowest BCUT2D eigenvalue weighted by Gasteiger charge is -2.10. The van der Waals surface area contributed by atoms with Crippen LogP contribution in [-0.4, -0.2) is 25.3 Å². The number of carboxylic acids is 1. The minimum absolute atomic E-state index is 0.141. The average Bonchev–Trinajstić information content (AvgIpc) is 2.48. The number of rotatable bonds is 5. The SMILES string of the molecule is COc1cc(OC)cc(-c2ccc(F)c(CC(=O)O)c2)c1. The highest BCUT2D eigenvalue weighted by Crippen LogP contribution is 2.30. The summed E-state index contributed by atoms with van der Waals surface area (Å²) < 4.78 is 24.0. The summed E-state index contributed by atoms with van der Waals surface area (Å²) in [6.07, 6.45) is -0.360. The largest absolute Gasteiger partial charge is 0.497 e. The minimum Gasteiger partial charge on any atom is -0.497 e. The quantitative estimate of drug-likeness (QED) is 0.919. The van der Waals surface area contributed by atoms with Gasteiger partial charge < -0.3 is 14.6 Å². The highest BCUT2D eigenvalue weighted by atomic mass is 19.1. The van der Waals surface area contributed by atoms with E-state index in [1.807, 2.05) is 0 Å². The first-order chi connectivity index (χ1) is 10.0. The number of hydrogen-bond acceptors (Lipinski definition) is 3. The van der Waals surface area contributed by atoms with Crippen LogP contribution in [-0.2, 0) is 11.2 Å². The summed E-state index contributed by atoms with van der Waals surface area (Å²) in [4.78, 5) is 10.8. The van der Waals surface area contributed by atoms with Gasteiger partial charge in [-0.15, -0.1) is 0 Å². The first-order valence-electron chi connectivity index (χ1n) is 6.27. The molecule has 21 heavy (non-hydrogen) atoms.